The number of amides is 1. The van der Waals surface area contributed by atoms with Crippen LogP contribution in [0.25, 0.3) is 0 Å². The van der Waals surface area contributed by atoms with Gasteiger partial charge in [0, 0.05) is 0 Å². The molecule has 0 aliphatic rings. The van der Waals surface area contributed by atoms with Crippen LogP contribution in [-0.4, -0.2) is 31.7 Å². The molecule has 0 atom stereocenters. The van der Waals surface area contributed by atoms with Crippen LogP contribution in [0.1, 0.15) is 15.9 Å². The van der Waals surface area contributed by atoms with Gasteiger partial charge in [-0.05, 0) is 17.9 Å². The Morgan fingerprint density at radius 3 is 2.82 bits per heavy atom. The van der Waals surface area contributed by atoms with Gasteiger partial charge in [-0.3, -0.25) is 5.32 Å². The molecule has 7 heteroatoms. The second-order valence-corrected chi connectivity index (χ2v) is 4.32. The molecule has 1 heterocycles. The molecule has 0 fully saturated rings. The summed E-state index contributed by atoms with van der Waals surface area (Å²) in [6.07, 6.45) is -0.641. The molecule has 0 aliphatic heterocycles. The molecule has 0 saturated heterocycles. The standard InChI is InChI=1S/C10H12ClNO4S/c1-6-5-17-8(7(6)9(13)15-2)12-10(14)16-4-3-11/h5H,3-4H2,1-2H3,(H,12,14). The molecule has 0 aliphatic carbocycles. The summed E-state index contributed by atoms with van der Waals surface area (Å²) in [6.45, 7) is 1.88. The maximum atomic E-state index is 11.5. The third kappa shape index (κ3) is 3.61. The van der Waals surface area contributed by atoms with Crippen LogP contribution in [0.2, 0.25) is 0 Å². The zero-order chi connectivity index (χ0) is 12.8. The minimum absolute atomic E-state index is 0.116. The number of aryl methyl sites for hydroxylation is 1. The molecule has 1 aromatic heterocycles. The molecule has 1 rings (SSSR count). The highest BCUT2D eigenvalue weighted by Gasteiger charge is 2.19. The fourth-order valence-corrected chi connectivity index (χ4v) is 2.15. The molecule has 1 N–H and O–H groups in total. The monoisotopic (exact) mass is 277 g/mol. The molecule has 17 heavy (non-hydrogen) atoms. The van der Waals surface area contributed by atoms with Gasteiger partial charge in [0.05, 0.1) is 18.6 Å². The lowest BCUT2D eigenvalue weighted by atomic mass is 10.2. The smallest absolute Gasteiger partial charge is 0.412 e. The van der Waals surface area contributed by atoms with Crippen molar-refractivity contribution < 1.29 is 19.1 Å². The number of methoxy groups -OCH3 is 1. The molecule has 0 aromatic carbocycles. The fourth-order valence-electron chi connectivity index (χ4n) is 1.15. The molecule has 1 amide bonds. The fraction of sp³-hybridized carbons (Fsp3) is 0.400. The highest BCUT2D eigenvalue weighted by atomic mass is 35.5. The number of anilines is 1. The lowest BCUT2D eigenvalue weighted by Gasteiger charge is -2.06. The summed E-state index contributed by atoms with van der Waals surface area (Å²) in [5.41, 5.74) is 1.09. The van der Waals surface area contributed by atoms with E-state index in [1.807, 2.05) is 0 Å². The van der Waals surface area contributed by atoms with Crippen LogP contribution < -0.4 is 5.32 Å². The van der Waals surface area contributed by atoms with Crippen LogP contribution in [0.5, 0.6) is 0 Å². The minimum atomic E-state index is -0.641. The highest BCUT2D eigenvalue weighted by molar-refractivity contribution is 7.15. The average Bonchev–Trinajstić information content (AvgIpc) is 2.67. The number of esters is 1. The van der Waals surface area contributed by atoms with Gasteiger partial charge >= 0.3 is 12.1 Å². The number of carbonyl (C=O) groups is 2. The number of hydrogen-bond acceptors (Lipinski definition) is 5. The average molecular weight is 278 g/mol. The van der Waals surface area contributed by atoms with E-state index in [1.54, 1.807) is 12.3 Å². The molecule has 0 radical (unpaired) electrons. The van der Waals surface area contributed by atoms with Crippen molar-refractivity contribution in [1.82, 2.24) is 0 Å². The maximum absolute atomic E-state index is 11.5. The van der Waals surface area contributed by atoms with Gasteiger partial charge in [0.25, 0.3) is 0 Å². The van der Waals surface area contributed by atoms with Crippen molar-refractivity contribution in [3.05, 3.63) is 16.5 Å². The number of carbonyl (C=O) groups excluding carboxylic acids is 2. The van der Waals surface area contributed by atoms with Crippen molar-refractivity contribution in [2.24, 2.45) is 0 Å². The second kappa shape index (κ2) is 6.46. The number of alkyl halides is 1. The minimum Gasteiger partial charge on any atom is -0.465 e. The van der Waals surface area contributed by atoms with Crippen LogP contribution in [0.15, 0.2) is 5.38 Å². The topological polar surface area (TPSA) is 64.6 Å². The summed E-state index contributed by atoms with van der Waals surface area (Å²) in [5, 5.41) is 4.64. The van der Waals surface area contributed by atoms with Gasteiger partial charge < -0.3 is 9.47 Å². The lowest BCUT2D eigenvalue weighted by Crippen LogP contribution is -2.16. The number of halogens is 1. The van der Waals surface area contributed by atoms with E-state index < -0.39 is 12.1 Å². The molecule has 94 valence electrons. The van der Waals surface area contributed by atoms with E-state index >= 15 is 0 Å². The van der Waals surface area contributed by atoms with Gasteiger partial charge in [0.1, 0.15) is 11.6 Å². The molecule has 0 spiro atoms. The number of rotatable bonds is 4. The van der Waals surface area contributed by atoms with Crippen molar-refractivity contribution in [1.29, 1.82) is 0 Å². The van der Waals surface area contributed by atoms with Crippen LogP contribution in [0.3, 0.4) is 0 Å². The van der Waals surface area contributed by atoms with Gasteiger partial charge in [-0.25, -0.2) is 9.59 Å². The van der Waals surface area contributed by atoms with E-state index in [1.165, 1.54) is 18.4 Å². The van der Waals surface area contributed by atoms with E-state index in [0.717, 1.165) is 5.56 Å². The molecule has 0 saturated carbocycles. The molecule has 5 nitrogen and oxygen atoms in total. The summed E-state index contributed by atoms with van der Waals surface area (Å²) < 4.78 is 9.38. The van der Waals surface area contributed by atoms with Crippen molar-refractivity contribution in [2.75, 3.05) is 24.9 Å². The summed E-state index contributed by atoms with van der Waals surface area (Å²) in [6, 6.07) is 0. The van der Waals surface area contributed by atoms with Gasteiger partial charge in [0.15, 0.2) is 0 Å². The van der Waals surface area contributed by atoms with Gasteiger partial charge in [0.2, 0.25) is 0 Å². The first-order valence-corrected chi connectivity index (χ1v) is 6.17. The van der Waals surface area contributed by atoms with Gasteiger partial charge in [-0.1, -0.05) is 0 Å². The molecule has 0 bridgehead atoms. The van der Waals surface area contributed by atoms with Crippen LogP contribution >= 0.6 is 22.9 Å². The first kappa shape index (κ1) is 13.8. The van der Waals surface area contributed by atoms with E-state index in [4.69, 9.17) is 16.3 Å². The van der Waals surface area contributed by atoms with E-state index in [9.17, 15) is 9.59 Å². The van der Waals surface area contributed by atoms with Gasteiger partial charge in [-0.15, -0.1) is 22.9 Å². The Bertz CT molecular complexity index is 418. The Morgan fingerprint density at radius 2 is 2.24 bits per heavy atom. The number of thiophene rings is 1. The Balaban J connectivity index is 2.78. The quantitative estimate of drug-likeness (QED) is 0.679. The van der Waals surface area contributed by atoms with E-state index in [2.05, 4.69) is 10.1 Å². The van der Waals surface area contributed by atoms with Crippen molar-refractivity contribution in [3.63, 3.8) is 0 Å². The van der Waals surface area contributed by atoms with Crippen molar-refractivity contribution >= 4 is 40.0 Å². The Kier molecular flexibility index (Phi) is 5.24. The normalized spacial score (nSPS) is 9.82. The Labute approximate surface area is 108 Å². The molecular formula is C10H12ClNO4S. The highest BCUT2D eigenvalue weighted by Crippen LogP contribution is 2.28. The third-order valence-corrected chi connectivity index (χ3v) is 3.06. The van der Waals surface area contributed by atoms with Gasteiger partial charge in [-0.2, -0.15) is 0 Å². The number of nitrogens with one attached hydrogen (secondary N) is 1. The molecular weight excluding hydrogens is 266 g/mol. The number of hydrogen-bond donors (Lipinski definition) is 1. The summed E-state index contributed by atoms with van der Waals surface area (Å²) in [5.74, 6) is -0.266. The summed E-state index contributed by atoms with van der Waals surface area (Å²) >= 11 is 6.62. The van der Waals surface area contributed by atoms with E-state index in [-0.39, 0.29) is 12.5 Å². The molecule has 1 aromatic rings. The zero-order valence-electron chi connectivity index (χ0n) is 9.41. The van der Waals surface area contributed by atoms with Crippen LogP contribution in [0, 0.1) is 6.92 Å². The predicted octanol–water partition coefficient (Wildman–Crippen LogP) is 2.63. The van der Waals surface area contributed by atoms with Crippen LogP contribution in [-0.2, 0) is 9.47 Å². The van der Waals surface area contributed by atoms with Crippen molar-refractivity contribution in [2.45, 2.75) is 6.92 Å². The lowest BCUT2D eigenvalue weighted by molar-refractivity contribution is 0.0601. The summed E-state index contributed by atoms with van der Waals surface area (Å²) in [4.78, 5) is 22.8. The Hall–Kier alpha value is -1.27. The van der Waals surface area contributed by atoms with Crippen LogP contribution in [0.4, 0.5) is 9.80 Å². The third-order valence-electron chi connectivity index (χ3n) is 1.89. The first-order chi connectivity index (χ1) is 8.10. The Morgan fingerprint density at radius 1 is 1.53 bits per heavy atom. The predicted molar refractivity (Wildman–Crippen MR) is 66.1 cm³/mol. The zero-order valence-corrected chi connectivity index (χ0v) is 11.0. The number of ether oxygens (including phenoxy) is 2. The summed E-state index contributed by atoms with van der Waals surface area (Å²) in [7, 11) is 1.29. The largest absolute Gasteiger partial charge is 0.465 e. The molecule has 0 unspecified atom stereocenters. The van der Waals surface area contributed by atoms with E-state index in [0.29, 0.717) is 10.6 Å². The maximum Gasteiger partial charge on any atom is 0.412 e. The van der Waals surface area contributed by atoms with Crippen molar-refractivity contribution in [3.8, 4) is 0 Å². The second-order valence-electron chi connectivity index (χ2n) is 3.06. The SMILES string of the molecule is COC(=O)c1c(C)csc1NC(=O)OCCCl. The first-order valence-electron chi connectivity index (χ1n) is 4.76.